The molecule has 1 saturated heterocycles. The highest BCUT2D eigenvalue weighted by molar-refractivity contribution is 5.58. The van der Waals surface area contributed by atoms with Crippen LogP contribution in [0, 0.1) is 5.21 Å². The van der Waals surface area contributed by atoms with Gasteiger partial charge in [0.25, 0.3) is 0 Å². The molecule has 3 atom stereocenters. The summed E-state index contributed by atoms with van der Waals surface area (Å²) in [6, 6.07) is 10.1. The van der Waals surface area contributed by atoms with Gasteiger partial charge in [0.1, 0.15) is 0 Å². The lowest BCUT2D eigenvalue weighted by Crippen LogP contribution is -2.99. The summed E-state index contributed by atoms with van der Waals surface area (Å²) >= 11 is 0. The van der Waals surface area contributed by atoms with E-state index < -0.39 is 11.3 Å². The number of aliphatic hydroxyl groups excluding tert-OH is 1. The molecule has 4 rings (SSSR count). The fourth-order valence-electron chi connectivity index (χ4n) is 3.31. The van der Waals surface area contributed by atoms with Gasteiger partial charge in [-0.2, -0.15) is 10.2 Å². The number of nitrogens with zero attached hydrogens (tertiary/aromatic N) is 4. The van der Waals surface area contributed by atoms with Crippen LogP contribution in [0.2, 0.25) is 0 Å². The average Bonchev–Trinajstić information content (AvgIpc) is 3.29. The van der Waals surface area contributed by atoms with Crippen molar-refractivity contribution in [1.82, 2.24) is 20.0 Å². The minimum absolute atomic E-state index is 0.162. The van der Waals surface area contributed by atoms with Crippen LogP contribution >= 0.6 is 0 Å². The van der Waals surface area contributed by atoms with Gasteiger partial charge in [-0.25, -0.2) is 5.21 Å². The van der Waals surface area contributed by atoms with Crippen LogP contribution in [0.15, 0.2) is 53.3 Å². The largest absolute Gasteiger partial charge is 0.595 e. The molecule has 3 unspecified atom stereocenters. The van der Waals surface area contributed by atoms with Crippen molar-refractivity contribution in [3.05, 3.63) is 65.5 Å². The monoisotopic (exact) mass is 369 g/mol. The quantitative estimate of drug-likeness (QED) is 0.566. The Morgan fingerprint density at radius 2 is 2.07 bits per heavy atom. The van der Waals surface area contributed by atoms with Crippen molar-refractivity contribution in [2.45, 2.75) is 25.1 Å². The highest BCUT2D eigenvalue weighted by Gasteiger charge is 2.36. The highest BCUT2D eigenvalue weighted by Crippen LogP contribution is 2.33. The standard InChI is InChI=1S/C18H19N5O4/c24-15-9-16(22(11-15)10-12-4-6-19-7-5-12)18-20-17(21-27-18)13-2-1-3-14(8-13)23(25)26/h1-8,15-16,23-25H,9-11H2. The van der Waals surface area contributed by atoms with E-state index in [2.05, 4.69) is 20.0 Å². The molecule has 2 aromatic heterocycles. The molecule has 1 aliphatic rings. The summed E-state index contributed by atoms with van der Waals surface area (Å²) in [5.41, 5.74) is 1.82. The van der Waals surface area contributed by atoms with Crippen molar-refractivity contribution in [1.29, 1.82) is 0 Å². The molecule has 140 valence electrons. The van der Waals surface area contributed by atoms with Gasteiger partial charge in [-0.15, -0.1) is 0 Å². The number of hydrogen-bond donors (Lipinski definition) is 3. The number of benzene rings is 1. The molecule has 0 radical (unpaired) electrons. The Labute approximate surface area is 155 Å². The molecule has 3 N–H and O–H groups in total. The third-order valence-electron chi connectivity index (χ3n) is 4.61. The molecular formula is C18H19N5O4. The number of rotatable bonds is 5. The maximum atomic E-state index is 11.1. The third kappa shape index (κ3) is 3.87. The Kier molecular flexibility index (Phi) is 4.92. The van der Waals surface area contributed by atoms with E-state index >= 15 is 0 Å². The normalized spacial score (nSPS) is 21.4. The molecule has 1 fully saturated rings. The molecule has 27 heavy (non-hydrogen) atoms. The van der Waals surface area contributed by atoms with E-state index in [0.717, 1.165) is 5.56 Å². The van der Waals surface area contributed by atoms with Gasteiger partial charge in [-0.05, 0) is 24.1 Å². The first-order valence-electron chi connectivity index (χ1n) is 8.58. The summed E-state index contributed by atoms with van der Waals surface area (Å²) in [6.45, 7) is 1.15. The Balaban J connectivity index is 1.57. The second kappa shape index (κ2) is 7.51. The van der Waals surface area contributed by atoms with Crippen LogP contribution in [0.5, 0.6) is 0 Å². The third-order valence-corrected chi connectivity index (χ3v) is 4.61. The fourth-order valence-corrected chi connectivity index (χ4v) is 3.31. The zero-order valence-electron chi connectivity index (χ0n) is 14.4. The zero-order valence-corrected chi connectivity index (χ0v) is 14.4. The summed E-state index contributed by atoms with van der Waals surface area (Å²) in [4.78, 5) is 10.6. The van der Waals surface area contributed by atoms with Crippen LogP contribution in [0.4, 0.5) is 5.69 Å². The highest BCUT2D eigenvalue weighted by atomic mass is 16.8. The first kappa shape index (κ1) is 17.7. The summed E-state index contributed by atoms with van der Waals surface area (Å²) in [6.07, 6.45) is 3.50. The summed E-state index contributed by atoms with van der Waals surface area (Å²) in [5.74, 6) is 0.745. The first-order valence-corrected chi connectivity index (χ1v) is 8.58. The average molecular weight is 369 g/mol. The van der Waals surface area contributed by atoms with E-state index in [1.165, 1.54) is 12.1 Å². The number of nitrogens with one attached hydrogen (secondary N) is 1. The molecular weight excluding hydrogens is 350 g/mol. The van der Waals surface area contributed by atoms with Crippen molar-refractivity contribution in [3.63, 3.8) is 0 Å². The molecule has 9 nitrogen and oxygen atoms in total. The molecule has 3 aromatic rings. The molecule has 0 amide bonds. The molecule has 3 heterocycles. The van der Waals surface area contributed by atoms with E-state index in [1.54, 1.807) is 24.5 Å². The summed E-state index contributed by atoms with van der Waals surface area (Å²) in [7, 11) is 0. The Morgan fingerprint density at radius 3 is 2.85 bits per heavy atom. The van der Waals surface area contributed by atoms with Crippen LogP contribution in [0.3, 0.4) is 0 Å². The molecule has 0 bridgehead atoms. The Morgan fingerprint density at radius 1 is 1.26 bits per heavy atom. The van der Waals surface area contributed by atoms with E-state index in [4.69, 9.17) is 9.73 Å². The minimum atomic E-state index is -1.01. The molecule has 1 aliphatic heterocycles. The number of aliphatic hydroxyl groups is 1. The van der Waals surface area contributed by atoms with Gasteiger partial charge >= 0.3 is 0 Å². The predicted molar refractivity (Wildman–Crippen MR) is 93.5 cm³/mol. The first-order chi connectivity index (χ1) is 13.1. The van der Waals surface area contributed by atoms with Gasteiger partial charge < -0.3 is 14.8 Å². The van der Waals surface area contributed by atoms with Gasteiger partial charge in [0, 0.05) is 43.2 Å². The summed E-state index contributed by atoms with van der Waals surface area (Å²) in [5, 5.41) is 33.4. The van der Waals surface area contributed by atoms with Gasteiger partial charge in [0.05, 0.1) is 12.1 Å². The van der Waals surface area contributed by atoms with Crippen molar-refractivity contribution >= 4 is 5.69 Å². The second-order valence-corrected chi connectivity index (χ2v) is 6.53. The number of likely N-dealkylation sites (tertiary alicyclic amines) is 1. The van der Waals surface area contributed by atoms with E-state index in [1.807, 2.05) is 12.1 Å². The maximum absolute atomic E-state index is 11.1. The molecule has 0 saturated carbocycles. The van der Waals surface area contributed by atoms with Gasteiger partial charge in [-0.3, -0.25) is 9.88 Å². The van der Waals surface area contributed by atoms with Crippen molar-refractivity contribution < 1.29 is 20.1 Å². The number of hydrogen-bond acceptors (Lipinski definition) is 8. The van der Waals surface area contributed by atoms with Gasteiger partial charge in [0.15, 0.2) is 5.69 Å². The molecule has 9 heteroatoms. The van der Waals surface area contributed by atoms with E-state index in [9.17, 15) is 10.3 Å². The van der Waals surface area contributed by atoms with Crippen molar-refractivity contribution in [2.24, 2.45) is 0 Å². The Hall–Kier alpha value is -2.69. The molecule has 0 aliphatic carbocycles. The zero-order chi connectivity index (χ0) is 18.8. The maximum Gasteiger partial charge on any atom is 0.244 e. The smallest absolute Gasteiger partial charge is 0.244 e. The Bertz CT molecular complexity index is 902. The minimum Gasteiger partial charge on any atom is -0.595 e. The van der Waals surface area contributed by atoms with Crippen LogP contribution in [-0.2, 0) is 6.54 Å². The van der Waals surface area contributed by atoms with Crippen LogP contribution in [0.25, 0.3) is 11.4 Å². The topological polar surface area (TPSA) is 123 Å². The number of β-amino-alcohol motifs (C(OH)–C–C–N with tert-alkyl or cyclic N) is 1. The van der Waals surface area contributed by atoms with E-state index in [0.29, 0.717) is 36.8 Å². The number of pyridine rings is 1. The lowest BCUT2D eigenvalue weighted by Gasteiger charge is -2.20. The summed E-state index contributed by atoms with van der Waals surface area (Å²) < 4.78 is 5.45. The number of quaternary nitrogens is 1. The number of aromatic nitrogens is 3. The van der Waals surface area contributed by atoms with Crippen LogP contribution < -0.4 is 5.23 Å². The van der Waals surface area contributed by atoms with Gasteiger partial charge in [0.2, 0.25) is 11.7 Å². The lowest BCUT2D eigenvalue weighted by atomic mass is 10.1. The van der Waals surface area contributed by atoms with Crippen LogP contribution in [-0.4, -0.2) is 43.0 Å². The second-order valence-electron chi connectivity index (χ2n) is 6.53. The molecule has 1 aromatic carbocycles. The van der Waals surface area contributed by atoms with Crippen LogP contribution in [0.1, 0.15) is 23.9 Å². The SMILES string of the molecule is [O-][NH+](O)c1cccc(-c2noc(C3CC(O)CN3Cc3ccncc3)n2)c1. The fraction of sp³-hybridized carbons (Fsp3) is 0.278. The van der Waals surface area contributed by atoms with Gasteiger partial charge in [-0.1, -0.05) is 17.3 Å². The predicted octanol–water partition coefficient (Wildman–Crippen LogP) is 0.843. The molecule has 0 spiro atoms. The van der Waals surface area contributed by atoms with Crippen molar-refractivity contribution in [2.75, 3.05) is 6.54 Å². The van der Waals surface area contributed by atoms with E-state index in [-0.39, 0.29) is 11.7 Å². The lowest BCUT2D eigenvalue weighted by molar-refractivity contribution is -0.991. The van der Waals surface area contributed by atoms with Crippen molar-refractivity contribution in [3.8, 4) is 11.4 Å².